The highest BCUT2D eigenvalue weighted by Crippen LogP contribution is 2.24. The van der Waals surface area contributed by atoms with Crippen molar-refractivity contribution in [2.24, 2.45) is 11.7 Å². The number of hydrogen-bond acceptors (Lipinski definition) is 4. The number of hydrogen-bond donors (Lipinski definition) is 4. The number of carbonyl (C=O) groups is 3. The second kappa shape index (κ2) is 8.62. The van der Waals surface area contributed by atoms with Crippen LogP contribution in [0.1, 0.15) is 49.4 Å². The van der Waals surface area contributed by atoms with Gasteiger partial charge in [-0.2, -0.15) is 0 Å². The summed E-state index contributed by atoms with van der Waals surface area (Å²) in [4.78, 5) is 35.6. The highest BCUT2D eigenvalue weighted by atomic mass is 16.4. The van der Waals surface area contributed by atoms with Gasteiger partial charge in [0.25, 0.3) is 5.91 Å². The molecule has 2 amide bonds. The molecule has 1 aromatic rings. The summed E-state index contributed by atoms with van der Waals surface area (Å²) in [5.41, 5.74) is 6.69. The molecule has 0 radical (unpaired) electrons. The van der Waals surface area contributed by atoms with Gasteiger partial charge in [0.2, 0.25) is 5.91 Å². The maximum atomic E-state index is 12.3. The van der Waals surface area contributed by atoms with Crippen LogP contribution in [0.2, 0.25) is 0 Å². The summed E-state index contributed by atoms with van der Waals surface area (Å²) in [6.45, 7) is 1.69. The number of amides is 2. The summed E-state index contributed by atoms with van der Waals surface area (Å²) in [7, 11) is 0. The van der Waals surface area contributed by atoms with Gasteiger partial charge in [0.05, 0.1) is 0 Å². The number of carboxylic acid groups (broad SMARTS) is 1. The Morgan fingerprint density at radius 1 is 1.24 bits per heavy atom. The van der Waals surface area contributed by atoms with Crippen molar-refractivity contribution < 1.29 is 19.5 Å². The van der Waals surface area contributed by atoms with E-state index in [1.807, 2.05) is 0 Å². The first-order chi connectivity index (χ1) is 11.9. The van der Waals surface area contributed by atoms with Crippen molar-refractivity contribution in [1.29, 1.82) is 0 Å². The fourth-order valence-electron chi connectivity index (χ4n) is 2.94. The zero-order chi connectivity index (χ0) is 18.4. The zero-order valence-electron chi connectivity index (χ0n) is 14.3. The summed E-state index contributed by atoms with van der Waals surface area (Å²) in [6, 6.07) is 5.74. The van der Waals surface area contributed by atoms with Crippen LogP contribution in [0.5, 0.6) is 0 Å². The van der Waals surface area contributed by atoms with Gasteiger partial charge in [0, 0.05) is 23.2 Å². The van der Waals surface area contributed by atoms with Gasteiger partial charge in [0.1, 0.15) is 6.04 Å². The van der Waals surface area contributed by atoms with Crippen molar-refractivity contribution >= 4 is 23.5 Å². The molecule has 1 saturated carbocycles. The second-order valence-corrected chi connectivity index (χ2v) is 6.45. The first kappa shape index (κ1) is 18.9. The predicted octanol–water partition coefficient (Wildman–Crippen LogP) is 1.74. The van der Waals surface area contributed by atoms with E-state index in [1.54, 1.807) is 31.2 Å². The van der Waals surface area contributed by atoms with E-state index in [0.717, 1.165) is 25.7 Å². The van der Waals surface area contributed by atoms with Crippen LogP contribution < -0.4 is 16.4 Å². The summed E-state index contributed by atoms with van der Waals surface area (Å²) in [6.07, 6.45) is 3.51. The lowest BCUT2D eigenvalue weighted by molar-refractivity contribution is -0.139. The normalized spacial score (nSPS) is 21.2. The third-order valence-electron chi connectivity index (χ3n) is 4.55. The van der Waals surface area contributed by atoms with Crippen LogP contribution in [0.15, 0.2) is 24.3 Å². The van der Waals surface area contributed by atoms with E-state index < -0.39 is 17.9 Å². The van der Waals surface area contributed by atoms with Crippen LogP contribution in [0.25, 0.3) is 0 Å². The number of rotatable bonds is 6. The Balaban J connectivity index is 1.99. The van der Waals surface area contributed by atoms with Crippen LogP contribution in [-0.4, -0.2) is 35.0 Å². The summed E-state index contributed by atoms with van der Waals surface area (Å²) in [5.74, 6) is -1.68. The van der Waals surface area contributed by atoms with Gasteiger partial charge < -0.3 is 21.5 Å². The first-order valence-electron chi connectivity index (χ1n) is 8.61. The number of nitrogens with two attached hydrogens (primary N) is 1. The van der Waals surface area contributed by atoms with Gasteiger partial charge in [-0.25, -0.2) is 4.79 Å². The molecule has 7 heteroatoms. The molecule has 5 N–H and O–H groups in total. The Kier molecular flexibility index (Phi) is 6.52. The number of carboxylic acids is 1. The predicted molar refractivity (Wildman–Crippen MR) is 94.2 cm³/mol. The molecular formula is C18H25N3O4. The summed E-state index contributed by atoms with van der Waals surface area (Å²) < 4.78 is 0. The average molecular weight is 347 g/mol. The van der Waals surface area contributed by atoms with E-state index in [0.29, 0.717) is 17.7 Å². The molecule has 0 spiro atoms. The van der Waals surface area contributed by atoms with Crippen molar-refractivity contribution in [3.05, 3.63) is 29.8 Å². The van der Waals surface area contributed by atoms with E-state index in [4.69, 9.17) is 10.8 Å². The van der Waals surface area contributed by atoms with Crippen molar-refractivity contribution in [1.82, 2.24) is 5.32 Å². The van der Waals surface area contributed by atoms with E-state index in [-0.39, 0.29) is 17.9 Å². The van der Waals surface area contributed by atoms with Crippen molar-refractivity contribution in [3.8, 4) is 0 Å². The smallest absolute Gasteiger partial charge is 0.326 e. The Morgan fingerprint density at radius 3 is 2.52 bits per heavy atom. The van der Waals surface area contributed by atoms with E-state index in [9.17, 15) is 14.4 Å². The molecule has 1 aliphatic carbocycles. The lowest BCUT2D eigenvalue weighted by Crippen LogP contribution is -2.40. The number of benzene rings is 1. The molecule has 1 fully saturated rings. The third kappa shape index (κ3) is 5.29. The molecule has 25 heavy (non-hydrogen) atoms. The minimum Gasteiger partial charge on any atom is -0.480 e. The van der Waals surface area contributed by atoms with Crippen LogP contribution in [-0.2, 0) is 9.59 Å². The largest absolute Gasteiger partial charge is 0.480 e. The monoisotopic (exact) mass is 347 g/mol. The Hall–Kier alpha value is -2.41. The molecule has 1 aliphatic rings. The van der Waals surface area contributed by atoms with Crippen LogP contribution in [0.3, 0.4) is 0 Å². The topological polar surface area (TPSA) is 122 Å². The fourth-order valence-corrected chi connectivity index (χ4v) is 2.94. The lowest BCUT2D eigenvalue weighted by atomic mass is 9.86. The Bertz CT molecular complexity index is 639. The van der Waals surface area contributed by atoms with Crippen molar-refractivity contribution in [2.45, 2.75) is 51.1 Å². The number of carbonyl (C=O) groups excluding carboxylic acids is 2. The van der Waals surface area contributed by atoms with Gasteiger partial charge in [-0.15, -0.1) is 0 Å². The molecule has 0 heterocycles. The van der Waals surface area contributed by atoms with E-state index in [2.05, 4.69) is 10.6 Å². The Labute approximate surface area is 147 Å². The molecule has 1 unspecified atom stereocenters. The van der Waals surface area contributed by atoms with Crippen LogP contribution >= 0.6 is 0 Å². The molecule has 136 valence electrons. The second-order valence-electron chi connectivity index (χ2n) is 6.45. The maximum Gasteiger partial charge on any atom is 0.326 e. The molecule has 0 saturated heterocycles. The van der Waals surface area contributed by atoms with Gasteiger partial charge in [-0.1, -0.05) is 13.0 Å². The highest BCUT2D eigenvalue weighted by molar-refractivity contribution is 5.99. The molecular weight excluding hydrogens is 322 g/mol. The summed E-state index contributed by atoms with van der Waals surface area (Å²) in [5, 5.41) is 14.3. The molecule has 7 nitrogen and oxygen atoms in total. The molecule has 1 atom stereocenters. The molecule has 0 aliphatic heterocycles. The van der Waals surface area contributed by atoms with E-state index in [1.165, 1.54) is 0 Å². The van der Waals surface area contributed by atoms with Crippen LogP contribution in [0, 0.1) is 5.92 Å². The third-order valence-corrected chi connectivity index (χ3v) is 4.55. The summed E-state index contributed by atoms with van der Waals surface area (Å²) >= 11 is 0. The first-order valence-corrected chi connectivity index (χ1v) is 8.61. The van der Waals surface area contributed by atoms with Gasteiger partial charge >= 0.3 is 5.97 Å². The van der Waals surface area contributed by atoms with Gasteiger partial charge in [-0.3, -0.25) is 9.59 Å². The van der Waals surface area contributed by atoms with Gasteiger partial charge in [-0.05, 0) is 50.3 Å². The molecule has 0 bridgehead atoms. The standard InChI is InChI=1S/C18H25N3O4/c1-2-15(18(24)25)21-17(23)12-4-3-5-14(10-12)20-16(22)11-6-8-13(19)9-7-11/h3-5,10-11,13,15H,2,6-9,19H2,1H3,(H,20,22)(H,21,23)(H,24,25). The SMILES string of the molecule is CCC(NC(=O)c1cccc(NC(=O)C2CCC(N)CC2)c1)C(=O)O. The lowest BCUT2D eigenvalue weighted by Gasteiger charge is -2.25. The molecule has 1 aromatic carbocycles. The Morgan fingerprint density at radius 2 is 1.92 bits per heavy atom. The number of nitrogens with one attached hydrogen (secondary N) is 2. The van der Waals surface area contributed by atoms with Gasteiger partial charge in [0.15, 0.2) is 0 Å². The quantitative estimate of drug-likeness (QED) is 0.624. The number of anilines is 1. The number of aliphatic carboxylic acids is 1. The molecule has 2 rings (SSSR count). The zero-order valence-corrected chi connectivity index (χ0v) is 14.3. The minimum atomic E-state index is -1.07. The van der Waals surface area contributed by atoms with Crippen molar-refractivity contribution in [3.63, 3.8) is 0 Å². The minimum absolute atomic E-state index is 0.0613. The van der Waals surface area contributed by atoms with Crippen LogP contribution in [0.4, 0.5) is 5.69 Å². The highest BCUT2D eigenvalue weighted by Gasteiger charge is 2.25. The molecule has 0 aromatic heterocycles. The fraction of sp³-hybridized carbons (Fsp3) is 0.500. The average Bonchev–Trinajstić information content (AvgIpc) is 2.59. The maximum absolute atomic E-state index is 12.3. The van der Waals surface area contributed by atoms with Crippen molar-refractivity contribution in [2.75, 3.05) is 5.32 Å². The van der Waals surface area contributed by atoms with E-state index >= 15 is 0 Å².